The molecule has 1 atom stereocenters. The smallest absolute Gasteiger partial charge is 0.276 e. The number of benzene rings is 1. The molecule has 1 aliphatic rings. The number of carbonyl (C=O) groups is 1. The molecule has 1 aliphatic heterocycles. The highest BCUT2D eigenvalue weighted by Gasteiger charge is 2.27. The number of hydrogen-bond donors (Lipinski definition) is 0. The second kappa shape index (κ2) is 6.45. The van der Waals surface area contributed by atoms with Gasteiger partial charge in [-0.3, -0.25) is 4.79 Å². The molecule has 0 N–H and O–H groups in total. The van der Waals surface area contributed by atoms with Crippen molar-refractivity contribution < 1.29 is 13.9 Å². The SMILES string of the molecule is CC[C@@H]1CN(C(=O)c2nnn(-c3ccc(F)cc3)c2C)CCO1. The van der Waals surface area contributed by atoms with E-state index < -0.39 is 0 Å². The largest absolute Gasteiger partial charge is 0.375 e. The first-order chi connectivity index (χ1) is 11.1. The van der Waals surface area contributed by atoms with Crippen LogP contribution in [0, 0.1) is 12.7 Å². The highest BCUT2D eigenvalue weighted by Crippen LogP contribution is 2.16. The third-order valence-electron chi connectivity index (χ3n) is 4.05. The molecule has 7 heteroatoms. The number of amides is 1. The van der Waals surface area contributed by atoms with E-state index in [2.05, 4.69) is 10.3 Å². The van der Waals surface area contributed by atoms with Crippen molar-refractivity contribution in [2.24, 2.45) is 0 Å². The fraction of sp³-hybridized carbons (Fsp3) is 0.438. The third kappa shape index (κ3) is 3.10. The summed E-state index contributed by atoms with van der Waals surface area (Å²) < 4.78 is 20.2. The molecule has 1 saturated heterocycles. The fourth-order valence-electron chi connectivity index (χ4n) is 2.65. The molecule has 0 saturated carbocycles. The number of halogens is 1. The van der Waals surface area contributed by atoms with Crippen LogP contribution in [-0.2, 0) is 4.74 Å². The topological polar surface area (TPSA) is 60.2 Å². The van der Waals surface area contributed by atoms with Gasteiger partial charge in [0.05, 0.1) is 24.1 Å². The first-order valence-electron chi connectivity index (χ1n) is 7.69. The number of aromatic nitrogens is 3. The van der Waals surface area contributed by atoms with E-state index in [1.807, 2.05) is 6.92 Å². The lowest BCUT2D eigenvalue weighted by Crippen LogP contribution is -2.45. The molecule has 23 heavy (non-hydrogen) atoms. The van der Waals surface area contributed by atoms with Gasteiger partial charge in [-0.2, -0.15) is 0 Å². The molecule has 0 spiro atoms. The zero-order chi connectivity index (χ0) is 16.4. The molecule has 3 rings (SSSR count). The Hall–Kier alpha value is -2.28. The molecule has 2 aromatic rings. The number of rotatable bonds is 3. The Morgan fingerprint density at radius 1 is 1.39 bits per heavy atom. The van der Waals surface area contributed by atoms with Gasteiger partial charge >= 0.3 is 0 Å². The van der Waals surface area contributed by atoms with Crippen molar-refractivity contribution in [3.05, 3.63) is 41.5 Å². The number of ether oxygens (including phenoxy) is 1. The average molecular weight is 318 g/mol. The molecule has 1 aromatic carbocycles. The minimum absolute atomic E-state index is 0.0696. The van der Waals surface area contributed by atoms with Gasteiger partial charge in [0.25, 0.3) is 5.91 Å². The van der Waals surface area contributed by atoms with Crippen molar-refractivity contribution in [1.29, 1.82) is 0 Å². The molecule has 1 fully saturated rings. The van der Waals surface area contributed by atoms with Gasteiger partial charge < -0.3 is 9.64 Å². The Morgan fingerprint density at radius 3 is 2.83 bits per heavy atom. The lowest BCUT2D eigenvalue weighted by molar-refractivity contribution is -0.0228. The maximum atomic E-state index is 13.0. The van der Waals surface area contributed by atoms with E-state index in [4.69, 9.17) is 4.74 Å². The molecule has 0 unspecified atom stereocenters. The Kier molecular flexibility index (Phi) is 4.38. The second-order valence-corrected chi connectivity index (χ2v) is 5.56. The molecule has 0 radical (unpaired) electrons. The summed E-state index contributed by atoms with van der Waals surface area (Å²) in [7, 11) is 0. The van der Waals surface area contributed by atoms with Crippen LogP contribution in [0.3, 0.4) is 0 Å². The van der Waals surface area contributed by atoms with E-state index in [0.29, 0.717) is 36.8 Å². The summed E-state index contributed by atoms with van der Waals surface area (Å²) in [5.41, 5.74) is 1.64. The van der Waals surface area contributed by atoms with Gasteiger partial charge in [-0.1, -0.05) is 12.1 Å². The Bertz CT molecular complexity index is 699. The van der Waals surface area contributed by atoms with Crippen molar-refractivity contribution in [3.63, 3.8) is 0 Å². The van der Waals surface area contributed by atoms with Crippen LogP contribution >= 0.6 is 0 Å². The summed E-state index contributed by atoms with van der Waals surface area (Å²) in [5, 5.41) is 8.06. The van der Waals surface area contributed by atoms with Crippen molar-refractivity contribution in [3.8, 4) is 5.69 Å². The molecule has 0 aliphatic carbocycles. The van der Waals surface area contributed by atoms with Gasteiger partial charge in [-0.15, -0.1) is 5.10 Å². The monoisotopic (exact) mass is 318 g/mol. The highest BCUT2D eigenvalue weighted by molar-refractivity contribution is 5.93. The summed E-state index contributed by atoms with van der Waals surface area (Å²) in [6.45, 7) is 5.48. The fourth-order valence-corrected chi connectivity index (χ4v) is 2.65. The molecule has 1 amide bonds. The van der Waals surface area contributed by atoms with Crippen LogP contribution in [0.4, 0.5) is 4.39 Å². The second-order valence-electron chi connectivity index (χ2n) is 5.56. The molecular weight excluding hydrogens is 299 g/mol. The number of carbonyl (C=O) groups excluding carboxylic acids is 1. The summed E-state index contributed by atoms with van der Waals surface area (Å²) in [6, 6.07) is 5.91. The maximum absolute atomic E-state index is 13.0. The van der Waals surface area contributed by atoms with Crippen molar-refractivity contribution in [2.45, 2.75) is 26.4 Å². The van der Waals surface area contributed by atoms with E-state index in [-0.39, 0.29) is 17.8 Å². The van der Waals surface area contributed by atoms with Crippen molar-refractivity contribution >= 4 is 5.91 Å². The molecule has 6 nitrogen and oxygen atoms in total. The highest BCUT2D eigenvalue weighted by atomic mass is 19.1. The van der Waals surface area contributed by atoms with E-state index in [9.17, 15) is 9.18 Å². The third-order valence-corrected chi connectivity index (χ3v) is 4.05. The van der Waals surface area contributed by atoms with Crippen molar-refractivity contribution in [2.75, 3.05) is 19.7 Å². The summed E-state index contributed by atoms with van der Waals surface area (Å²) in [4.78, 5) is 14.4. The van der Waals surface area contributed by atoms with Crippen LogP contribution in [0.5, 0.6) is 0 Å². The summed E-state index contributed by atoms with van der Waals surface area (Å²) in [6.07, 6.45) is 0.936. The first-order valence-corrected chi connectivity index (χ1v) is 7.69. The van der Waals surface area contributed by atoms with Crippen LogP contribution in [0.1, 0.15) is 29.5 Å². The maximum Gasteiger partial charge on any atom is 0.276 e. The normalized spacial score (nSPS) is 18.2. The first kappa shape index (κ1) is 15.6. The van der Waals surface area contributed by atoms with E-state index in [1.165, 1.54) is 12.1 Å². The van der Waals surface area contributed by atoms with Crippen LogP contribution in [0.2, 0.25) is 0 Å². The van der Waals surface area contributed by atoms with Gasteiger partial charge in [-0.25, -0.2) is 9.07 Å². The van der Waals surface area contributed by atoms with Crippen LogP contribution in [-0.4, -0.2) is 51.6 Å². The lowest BCUT2D eigenvalue weighted by Gasteiger charge is -2.32. The summed E-state index contributed by atoms with van der Waals surface area (Å²) in [5.74, 6) is -0.459. The molecule has 2 heterocycles. The van der Waals surface area contributed by atoms with Gasteiger partial charge in [0.15, 0.2) is 5.69 Å². The number of morpholine rings is 1. The Labute approximate surface area is 133 Å². The van der Waals surface area contributed by atoms with Crippen LogP contribution in [0.25, 0.3) is 5.69 Å². The van der Waals surface area contributed by atoms with E-state index in [1.54, 1.807) is 28.6 Å². The van der Waals surface area contributed by atoms with Crippen LogP contribution in [0.15, 0.2) is 24.3 Å². The standard InChI is InChI=1S/C16H19FN4O2/c1-3-14-10-20(8-9-23-14)16(22)15-11(2)21(19-18-15)13-6-4-12(17)5-7-13/h4-7,14H,3,8-10H2,1-2H3/t14-/m1/s1. The predicted molar refractivity (Wildman–Crippen MR) is 82.0 cm³/mol. The van der Waals surface area contributed by atoms with E-state index >= 15 is 0 Å². The van der Waals surface area contributed by atoms with Gasteiger partial charge in [-0.05, 0) is 37.6 Å². The quantitative estimate of drug-likeness (QED) is 0.868. The molecule has 1 aromatic heterocycles. The van der Waals surface area contributed by atoms with Crippen LogP contribution < -0.4 is 0 Å². The minimum atomic E-state index is -0.318. The number of nitrogens with zero attached hydrogens (tertiary/aromatic N) is 4. The van der Waals surface area contributed by atoms with Gasteiger partial charge in [0, 0.05) is 13.1 Å². The average Bonchev–Trinajstić information content (AvgIpc) is 2.96. The van der Waals surface area contributed by atoms with Crippen molar-refractivity contribution in [1.82, 2.24) is 19.9 Å². The Morgan fingerprint density at radius 2 is 2.13 bits per heavy atom. The Balaban J connectivity index is 1.83. The minimum Gasteiger partial charge on any atom is -0.375 e. The van der Waals surface area contributed by atoms with Gasteiger partial charge in [0.2, 0.25) is 0 Å². The summed E-state index contributed by atoms with van der Waals surface area (Å²) >= 11 is 0. The van der Waals surface area contributed by atoms with E-state index in [0.717, 1.165) is 6.42 Å². The number of hydrogen-bond acceptors (Lipinski definition) is 4. The van der Waals surface area contributed by atoms with Gasteiger partial charge in [0.1, 0.15) is 5.82 Å². The molecule has 122 valence electrons. The predicted octanol–water partition coefficient (Wildman–Crippen LogP) is 1.97. The zero-order valence-corrected chi connectivity index (χ0v) is 13.2. The molecular formula is C16H19FN4O2. The zero-order valence-electron chi connectivity index (χ0n) is 13.2. The lowest BCUT2D eigenvalue weighted by atomic mass is 10.2. The molecule has 0 bridgehead atoms.